The second kappa shape index (κ2) is 7.75. The summed E-state index contributed by atoms with van der Waals surface area (Å²) in [6.45, 7) is 0.266. The molecule has 2 aliphatic rings. The lowest BCUT2D eigenvalue weighted by Gasteiger charge is -2.34. The van der Waals surface area contributed by atoms with E-state index in [4.69, 9.17) is 10.5 Å². The maximum Gasteiger partial charge on any atom is 0.262 e. The van der Waals surface area contributed by atoms with Gasteiger partial charge in [0.05, 0.1) is 24.3 Å². The van der Waals surface area contributed by atoms with Crippen LogP contribution in [0.4, 0.5) is 10.7 Å². The van der Waals surface area contributed by atoms with E-state index in [-0.39, 0.29) is 24.9 Å². The number of hydrogen-bond acceptors (Lipinski definition) is 6. The fourth-order valence-corrected chi connectivity index (χ4v) is 5.16. The molecule has 152 valence electrons. The van der Waals surface area contributed by atoms with Gasteiger partial charge in [-0.3, -0.25) is 14.4 Å². The van der Waals surface area contributed by atoms with Crippen molar-refractivity contribution in [2.75, 3.05) is 30.4 Å². The van der Waals surface area contributed by atoms with E-state index in [1.165, 1.54) is 11.3 Å². The summed E-state index contributed by atoms with van der Waals surface area (Å²) in [6.07, 6.45) is 2.00. The lowest BCUT2D eigenvalue weighted by molar-refractivity contribution is -0.127. The molecule has 29 heavy (non-hydrogen) atoms. The highest BCUT2D eigenvalue weighted by Crippen LogP contribution is 2.39. The van der Waals surface area contributed by atoms with E-state index in [9.17, 15) is 14.4 Å². The number of hydrogen-bond donors (Lipinski definition) is 3. The molecule has 0 saturated heterocycles. The van der Waals surface area contributed by atoms with Crippen LogP contribution in [0.3, 0.4) is 0 Å². The molecule has 1 aromatic carbocycles. The molecule has 1 aliphatic heterocycles. The smallest absolute Gasteiger partial charge is 0.262 e. The zero-order chi connectivity index (χ0) is 20.5. The van der Waals surface area contributed by atoms with Gasteiger partial charge in [-0.15, -0.1) is 11.3 Å². The second-order valence-corrected chi connectivity index (χ2v) is 8.15. The fourth-order valence-electron chi connectivity index (χ4n) is 3.85. The number of likely N-dealkylation sites (N-methyl/N-ethyl adjacent to an activating group) is 1. The van der Waals surface area contributed by atoms with Crippen LogP contribution in [0.5, 0.6) is 5.75 Å². The normalized spacial score (nSPS) is 17.1. The molecular weight excluding hydrogens is 392 g/mol. The summed E-state index contributed by atoms with van der Waals surface area (Å²) in [4.78, 5) is 39.7. The molecule has 8 nitrogen and oxygen atoms in total. The lowest BCUT2D eigenvalue weighted by atomic mass is 10.1. The number of nitrogens with zero attached hydrogens (tertiary/aromatic N) is 1. The first-order chi connectivity index (χ1) is 14.0. The Balaban J connectivity index is 1.54. The summed E-state index contributed by atoms with van der Waals surface area (Å²) in [7, 11) is 1.55. The van der Waals surface area contributed by atoms with Crippen LogP contribution in [0.15, 0.2) is 24.3 Å². The molecule has 0 unspecified atom stereocenters. The number of carbonyl (C=O) groups excluding carboxylic acids is 3. The highest BCUT2D eigenvalue weighted by atomic mass is 32.1. The Morgan fingerprint density at radius 3 is 2.83 bits per heavy atom. The van der Waals surface area contributed by atoms with Crippen LogP contribution in [-0.2, 0) is 22.4 Å². The molecule has 0 radical (unpaired) electrons. The SMILES string of the molecule is CNC(=O)[C@H]1CN(CC(=O)Nc2sc3c(c2C(N)=O)CCC3)c2ccccc2O1. The van der Waals surface area contributed by atoms with Gasteiger partial charge in [-0.1, -0.05) is 12.1 Å². The van der Waals surface area contributed by atoms with Crippen molar-refractivity contribution in [3.8, 4) is 5.75 Å². The Morgan fingerprint density at radius 1 is 1.28 bits per heavy atom. The van der Waals surface area contributed by atoms with Gasteiger partial charge in [0.1, 0.15) is 10.8 Å². The van der Waals surface area contributed by atoms with E-state index in [0.29, 0.717) is 16.3 Å². The van der Waals surface area contributed by atoms with E-state index < -0.39 is 12.0 Å². The monoisotopic (exact) mass is 414 g/mol. The highest BCUT2D eigenvalue weighted by molar-refractivity contribution is 7.17. The first-order valence-electron chi connectivity index (χ1n) is 9.44. The van der Waals surface area contributed by atoms with Crippen LogP contribution < -0.4 is 26.0 Å². The molecule has 3 amide bonds. The summed E-state index contributed by atoms with van der Waals surface area (Å²) >= 11 is 1.42. The van der Waals surface area contributed by atoms with Crippen molar-refractivity contribution in [2.45, 2.75) is 25.4 Å². The molecule has 2 aromatic rings. The average molecular weight is 414 g/mol. The Kier molecular flexibility index (Phi) is 5.14. The molecule has 0 saturated carbocycles. The summed E-state index contributed by atoms with van der Waals surface area (Å²) < 4.78 is 5.76. The zero-order valence-corrected chi connectivity index (χ0v) is 16.8. The maximum absolute atomic E-state index is 12.8. The van der Waals surface area contributed by atoms with Gasteiger partial charge in [-0.2, -0.15) is 0 Å². The van der Waals surface area contributed by atoms with E-state index in [2.05, 4.69) is 10.6 Å². The minimum atomic E-state index is -0.714. The number of benzene rings is 1. The molecule has 4 N–H and O–H groups in total. The zero-order valence-electron chi connectivity index (χ0n) is 16.0. The van der Waals surface area contributed by atoms with Gasteiger partial charge >= 0.3 is 0 Å². The largest absolute Gasteiger partial charge is 0.477 e. The molecule has 1 atom stereocenters. The number of aryl methyl sites for hydroxylation is 1. The Labute approximate surface area is 172 Å². The topological polar surface area (TPSA) is 114 Å². The van der Waals surface area contributed by atoms with Crippen LogP contribution in [0.25, 0.3) is 0 Å². The number of fused-ring (bicyclic) bond motifs is 2. The van der Waals surface area contributed by atoms with Gasteiger partial charge < -0.3 is 26.0 Å². The third-order valence-corrected chi connectivity index (χ3v) is 6.36. The second-order valence-electron chi connectivity index (χ2n) is 7.04. The molecular formula is C20H22N4O4S. The van der Waals surface area contributed by atoms with Crippen LogP contribution >= 0.6 is 11.3 Å². The van der Waals surface area contributed by atoms with E-state index >= 15 is 0 Å². The first-order valence-corrected chi connectivity index (χ1v) is 10.3. The molecule has 0 fully saturated rings. The number of amides is 3. The van der Waals surface area contributed by atoms with Crippen molar-refractivity contribution in [1.82, 2.24) is 5.32 Å². The first kappa shape index (κ1) is 19.3. The number of primary amides is 1. The maximum atomic E-state index is 12.8. The number of nitrogens with one attached hydrogen (secondary N) is 2. The molecule has 1 aromatic heterocycles. The minimum absolute atomic E-state index is 0.0225. The number of rotatable bonds is 5. The van der Waals surface area contributed by atoms with Gasteiger partial charge in [0, 0.05) is 11.9 Å². The van der Waals surface area contributed by atoms with Crippen molar-refractivity contribution in [3.63, 3.8) is 0 Å². The van der Waals surface area contributed by atoms with Gasteiger partial charge in [0.15, 0.2) is 6.10 Å². The number of thiophene rings is 1. The molecule has 4 rings (SSSR count). The molecule has 0 bridgehead atoms. The summed E-state index contributed by atoms with van der Waals surface area (Å²) in [5, 5.41) is 5.94. The Bertz CT molecular complexity index is 987. The Hall–Kier alpha value is -3.07. The quantitative estimate of drug-likeness (QED) is 0.682. The van der Waals surface area contributed by atoms with Crippen molar-refractivity contribution < 1.29 is 19.1 Å². The molecule has 0 spiro atoms. The predicted octanol–water partition coefficient (Wildman–Crippen LogP) is 1.29. The summed E-state index contributed by atoms with van der Waals surface area (Å²) in [5.74, 6) is -0.500. The predicted molar refractivity (Wildman–Crippen MR) is 111 cm³/mol. The van der Waals surface area contributed by atoms with Crippen molar-refractivity contribution in [1.29, 1.82) is 0 Å². The van der Waals surface area contributed by atoms with Crippen LogP contribution in [0.1, 0.15) is 27.2 Å². The van der Waals surface area contributed by atoms with Crippen molar-refractivity contribution in [2.24, 2.45) is 5.73 Å². The Morgan fingerprint density at radius 2 is 2.07 bits per heavy atom. The van der Waals surface area contributed by atoms with E-state index in [0.717, 1.165) is 35.4 Å². The number of para-hydroxylation sites is 2. The third kappa shape index (κ3) is 3.65. The fraction of sp³-hybridized carbons (Fsp3) is 0.350. The molecule has 9 heteroatoms. The van der Waals surface area contributed by atoms with E-state index in [1.54, 1.807) is 18.0 Å². The standard InChI is InChI=1S/C20H22N4O4S/c1-22-19(27)14-9-24(12-6-2-3-7-13(12)28-14)10-16(25)23-20-17(18(21)26)11-5-4-8-15(11)29-20/h2-3,6-7,14H,4-5,8-10H2,1H3,(H2,21,26)(H,22,27)(H,23,25)/t14-/m1/s1. The lowest BCUT2D eigenvalue weighted by Crippen LogP contribution is -2.50. The highest BCUT2D eigenvalue weighted by Gasteiger charge is 2.32. The average Bonchev–Trinajstić information content (AvgIpc) is 3.27. The van der Waals surface area contributed by atoms with Gasteiger partial charge in [0.2, 0.25) is 5.91 Å². The van der Waals surface area contributed by atoms with Gasteiger partial charge in [0.25, 0.3) is 11.8 Å². The number of nitrogens with two attached hydrogens (primary N) is 1. The number of anilines is 2. The molecule has 1 aliphatic carbocycles. The minimum Gasteiger partial charge on any atom is -0.477 e. The van der Waals surface area contributed by atoms with Crippen LogP contribution in [0.2, 0.25) is 0 Å². The van der Waals surface area contributed by atoms with Crippen molar-refractivity contribution in [3.05, 3.63) is 40.3 Å². The third-order valence-electron chi connectivity index (χ3n) is 5.16. The summed E-state index contributed by atoms with van der Waals surface area (Å²) in [6, 6.07) is 7.28. The number of ether oxygens (including phenoxy) is 1. The summed E-state index contributed by atoms with van der Waals surface area (Å²) in [5.41, 5.74) is 7.71. The van der Waals surface area contributed by atoms with E-state index in [1.807, 2.05) is 18.2 Å². The van der Waals surface area contributed by atoms with Crippen LogP contribution in [-0.4, -0.2) is 44.0 Å². The van der Waals surface area contributed by atoms with Gasteiger partial charge in [-0.25, -0.2) is 0 Å². The molecule has 2 heterocycles. The van der Waals surface area contributed by atoms with Crippen LogP contribution in [0, 0.1) is 0 Å². The number of carbonyl (C=O) groups is 3. The van der Waals surface area contributed by atoms with Crippen molar-refractivity contribution >= 4 is 39.7 Å². The van der Waals surface area contributed by atoms with Gasteiger partial charge in [-0.05, 0) is 37.0 Å².